The lowest BCUT2D eigenvalue weighted by atomic mass is 10.1. The monoisotopic (exact) mass is 360 g/mol. The number of hydrogen-bond donors (Lipinski definition) is 0. The summed E-state index contributed by atoms with van der Waals surface area (Å²) >= 11 is 0. The van der Waals surface area contributed by atoms with Gasteiger partial charge in [-0.2, -0.15) is 0 Å². The third-order valence-electron chi connectivity index (χ3n) is 4.75. The molecular weight excluding hydrogens is 343 g/mol. The number of nitrogens with zero attached hydrogens (tertiary/aromatic N) is 2. The van der Waals surface area contributed by atoms with Gasteiger partial charge in [-0.1, -0.05) is 30.3 Å². The van der Waals surface area contributed by atoms with Crippen LogP contribution in [0.2, 0.25) is 0 Å². The van der Waals surface area contributed by atoms with Crippen LogP contribution in [-0.2, 0) is 16.4 Å². The number of halogens is 1. The van der Waals surface area contributed by atoms with E-state index in [-0.39, 0.29) is 29.9 Å². The Morgan fingerprint density at radius 2 is 1.72 bits per heavy atom. The van der Waals surface area contributed by atoms with Crippen LogP contribution < -0.4 is 4.90 Å². The first-order valence-corrected chi connectivity index (χ1v) is 9.86. The molecule has 2 fully saturated rings. The number of para-hydroxylation sites is 1. The summed E-state index contributed by atoms with van der Waals surface area (Å²) in [6, 6.07) is 14.0. The van der Waals surface area contributed by atoms with Gasteiger partial charge in [-0.3, -0.25) is 4.90 Å². The molecule has 0 saturated carbocycles. The van der Waals surface area contributed by atoms with Crippen LogP contribution in [0.1, 0.15) is 5.56 Å². The van der Waals surface area contributed by atoms with Gasteiger partial charge in [0.25, 0.3) is 0 Å². The average Bonchev–Trinajstić information content (AvgIpc) is 3.00. The minimum absolute atomic E-state index is 0.0437. The Morgan fingerprint density at radius 3 is 2.44 bits per heavy atom. The van der Waals surface area contributed by atoms with E-state index >= 15 is 0 Å². The normalized spacial score (nSPS) is 24.6. The first kappa shape index (κ1) is 16.1. The van der Waals surface area contributed by atoms with Gasteiger partial charge in [0.1, 0.15) is 5.82 Å². The second-order valence-electron chi connectivity index (χ2n) is 6.46. The number of rotatable bonds is 3. The summed E-state index contributed by atoms with van der Waals surface area (Å²) in [4.78, 5) is 16.1. The number of carbonyl (C=O) groups is 1. The quantitative estimate of drug-likeness (QED) is 0.790. The van der Waals surface area contributed by atoms with Gasteiger partial charge in [0.15, 0.2) is 9.84 Å². The topological polar surface area (TPSA) is 57.7 Å². The van der Waals surface area contributed by atoms with E-state index in [1.54, 1.807) is 34.1 Å². The number of anilines is 1. The van der Waals surface area contributed by atoms with Crippen molar-refractivity contribution in [3.05, 3.63) is 66.0 Å². The van der Waals surface area contributed by atoms with E-state index in [0.717, 1.165) is 0 Å². The highest BCUT2D eigenvalue weighted by Gasteiger charge is 2.53. The first-order chi connectivity index (χ1) is 11.9. The summed E-state index contributed by atoms with van der Waals surface area (Å²) < 4.78 is 37.8. The van der Waals surface area contributed by atoms with Crippen molar-refractivity contribution in [2.45, 2.75) is 18.6 Å². The van der Waals surface area contributed by atoms with Gasteiger partial charge in [-0.25, -0.2) is 17.6 Å². The van der Waals surface area contributed by atoms with Crippen molar-refractivity contribution in [1.29, 1.82) is 0 Å². The summed E-state index contributed by atoms with van der Waals surface area (Å²) in [6.07, 6.45) is 0. The Labute approximate surface area is 145 Å². The summed E-state index contributed by atoms with van der Waals surface area (Å²) in [5.74, 6) is -0.473. The van der Waals surface area contributed by atoms with Crippen molar-refractivity contribution in [2.24, 2.45) is 0 Å². The smallest absolute Gasteiger partial charge is 0.314 e. The number of sulfone groups is 1. The van der Waals surface area contributed by atoms with Crippen molar-refractivity contribution in [3.63, 3.8) is 0 Å². The lowest BCUT2D eigenvalue weighted by Gasteiger charge is -2.22. The molecule has 2 heterocycles. The van der Waals surface area contributed by atoms with E-state index < -0.39 is 21.9 Å². The molecular formula is C18H17FN2O3S. The van der Waals surface area contributed by atoms with Crippen LogP contribution in [0.5, 0.6) is 0 Å². The molecule has 2 aliphatic rings. The summed E-state index contributed by atoms with van der Waals surface area (Å²) in [5.41, 5.74) is 1.33. The molecule has 25 heavy (non-hydrogen) atoms. The van der Waals surface area contributed by atoms with Gasteiger partial charge in [-0.15, -0.1) is 0 Å². The fourth-order valence-corrected chi connectivity index (χ4v) is 5.63. The Hall–Kier alpha value is -2.41. The SMILES string of the molecule is O=C1N(Cc2cccc(F)c2)[C@H]2CS(=O)(=O)C[C@@H]2N1c1ccccc1. The largest absolute Gasteiger partial charge is 0.325 e. The predicted octanol–water partition coefficient (Wildman–Crippen LogP) is 2.43. The van der Waals surface area contributed by atoms with Crippen molar-refractivity contribution in [3.8, 4) is 0 Å². The number of amides is 2. The van der Waals surface area contributed by atoms with E-state index in [9.17, 15) is 17.6 Å². The lowest BCUT2D eigenvalue weighted by molar-refractivity contribution is 0.206. The van der Waals surface area contributed by atoms with Crippen LogP contribution in [-0.4, -0.2) is 42.9 Å². The van der Waals surface area contributed by atoms with E-state index in [1.807, 2.05) is 18.2 Å². The van der Waals surface area contributed by atoms with Gasteiger partial charge in [0.2, 0.25) is 0 Å². The number of urea groups is 1. The minimum atomic E-state index is -3.21. The highest BCUT2D eigenvalue weighted by atomic mass is 32.2. The predicted molar refractivity (Wildman–Crippen MR) is 92.5 cm³/mol. The first-order valence-electron chi connectivity index (χ1n) is 8.04. The van der Waals surface area contributed by atoms with Crippen LogP contribution in [0.15, 0.2) is 54.6 Å². The van der Waals surface area contributed by atoms with Gasteiger partial charge in [0.05, 0.1) is 23.6 Å². The molecule has 4 rings (SSSR count). The van der Waals surface area contributed by atoms with Crippen molar-refractivity contribution < 1.29 is 17.6 Å². The Balaban J connectivity index is 1.71. The molecule has 2 amide bonds. The van der Waals surface area contributed by atoms with E-state index in [4.69, 9.17) is 0 Å². The molecule has 2 aromatic rings. The highest BCUT2D eigenvalue weighted by Crippen LogP contribution is 2.35. The molecule has 2 atom stereocenters. The number of benzene rings is 2. The molecule has 0 spiro atoms. The van der Waals surface area contributed by atoms with Gasteiger partial charge < -0.3 is 4.90 Å². The lowest BCUT2D eigenvalue weighted by Crippen LogP contribution is -2.37. The summed E-state index contributed by atoms with van der Waals surface area (Å²) in [7, 11) is -3.21. The van der Waals surface area contributed by atoms with Gasteiger partial charge >= 0.3 is 6.03 Å². The maximum atomic E-state index is 13.5. The molecule has 0 aromatic heterocycles. The number of hydrogen-bond acceptors (Lipinski definition) is 3. The van der Waals surface area contributed by atoms with E-state index in [1.165, 1.54) is 12.1 Å². The maximum Gasteiger partial charge on any atom is 0.325 e. The molecule has 0 unspecified atom stereocenters. The van der Waals surface area contributed by atoms with Crippen LogP contribution in [0.25, 0.3) is 0 Å². The Bertz CT molecular complexity index is 917. The third kappa shape index (κ3) is 2.89. The van der Waals surface area contributed by atoms with Crippen LogP contribution >= 0.6 is 0 Å². The number of fused-ring (bicyclic) bond motifs is 1. The minimum Gasteiger partial charge on any atom is -0.314 e. The average molecular weight is 360 g/mol. The van der Waals surface area contributed by atoms with Gasteiger partial charge in [-0.05, 0) is 29.8 Å². The molecule has 0 aliphatic carbocycles. The van der Waals surface area contributed by atoms with Crippen molar-refractivity contribution >= 4 is 21.6 Å². The zero-order valence-corrected chi connectivity index (χ0v) is 14.2. The summed E-state index contributed by atoms with van der Waals surface area (Å²) in [5, 5.41) is 0. The second-order valence-corrected chi connectivity index (χ2v) is 8.61. The standard InChI is InChI=1S/C18H17FN2O3S/c19-14-6-4-5-13(9-14)10-20-16-11-25(23,24)12-17(16)21(18(20)22)15-7-2-1-3-8-15/h1-9,16-17H,10-12H2/t16-,17-/m0/s1. The van der Waals surface area contributed by atoms with Crippen LogP contribution in [0, 0.1) is 5.82 Å². The molecule has 130 valence electrons. The Morgan fingerprint density at radius 1 is 1.00 bits per heavy atom. The van der Waals surface area contributed by atoms with Gasteiger partial charge in [0, 0.05) is 12.2 Å². The molecule has 2 saturated heterocycles. The maximum absolute atomic E-state index is 13.5. The van der Waals surface area contributed by atoms with Crippen LogP contribution in [0.4, 0.5) is 14.9 Å². The second kappa shape index (κ2) is 5.84. The molecule has 0 N–H and O–H groups in total. The van der Waals surface area contributed by atoms with E-state index in [0.29, 0.717) is 11.3 Å². The highest BCUT2D eigenvalue weighted by molar-refractivity contribution is 7.91. The zero-order chi connectivity index (χ0) is 17.6. The third-order valence-corrected chi connectivity index (χ3v) is 6.45. The fourth-order valence-electron chi connectivity index (χ4n) is 3.68. The molecule has 0 radical (unpaired) electrons. The molecule has 7 heteroatoms. The van der Waals surface area contributed by atoms with E-state index in [2.05, 4.69) is 0 Å². The molecule has 2 aromatic carbocycles. The summed E-state index contributed by atoms with van der Waals surface area (Å²) in [6.45, 7) is 0.191. The zero-order valence-electron chi connectivity index (χ0n) is 13.4. The van der Waals surface area contributed by atoms with Crippen LogP contribution in [0.3, 0.4) is 0 Å². The number of carbonyl (C=O) groups excluding carboxylic acids is 1. The van der Waals surface area contributed by atoms with Crippen molar-refractivity contribution in [2.75, 3.05) is 16.4 Å². The fraction of sp³-hybridized carbons (Fsp3) is 0.278. The molecule has 2 aliphatic heterocycles. The Kier molecular flexibility index (Phi) is 3.76. The molecule has 0 bridgehead atoms. The molecule has 5 nitrogen and oxygen atoms in total. The van der Waals surface area contributed by atoms with Crippen molar-refractivity contribution in [1.82, 2.24) is 4.90 Å².